The molecule has 1 fully saturated rings. The largest absolute Gasteiger partial charge is 0.444 e. The molecule has 2 N–H and O–H groups in total. The number of aromatic nitrogens is 1. The van der Waals surface area contributed by atoms with Crippen LogP contribution < -0.4 is 10.6 Å². The van der Waals surface area contributed by atoms with Gasteiger partial charge >= 0.3 is 6.09 Å². The van der Waals surface area contributed by atoms with Crippen LogP contribution >= 0.6 is 0 Å². The number of hydrogen-bond acceptors (Lipinski definition) is 4. The lowest BCUT2D eigenvalue weighted by atomic mass is 9.76. The zero-order valence-corrected chi connectivity index (χ0v) is 13.1. The van der Waals surface area contributed by atoms with Gasteiger partial charge in [0.15, 0.2) is 0 Å². The molecule has 1 aliphatic rings. The van der Waals surface area contributed by atoms with E-state index in [1.165, 1.54) is 0 Å². The summed E-state index contributed by atoms with van der Waals surface area (Å²) < 4.78 is 5.35. The Kier molecular flexibility index (Phi) is 4.83. The maximum atomic E-state index is 11.9. The van der Waals surface area contributed by atoms with Crippen LogP contribution in [0.1, 0.15) is 45.6 Å². The molecule has 21 heavy (non-hydrogen) atoms. The summed E-state index contributed by atoms with van der Waals surface area (Å²) in [5, 5.41) is 6.44. The van der Waals surface area contributed by atoms with Gasteiger partial charge in [-0.05, 0) is 51.7 Å². The van der Waals surface area contributed by atoms with E-state index in [1.54, 1.807) is 6.20 Å². The normalized spacial score (nSPS) is 16.9. The molecular weight excluding hydrogens is 266 g/mol. The summed E-state index contributed by atoms with van der Waals surface area (Å²) in [7, 11) is 0. The highest BCUT2D eigenvalue weighted by molar-refractivity contribution is 5.69. The van der Waals surface area contributed by atoms with Crippen LogP contribution in [0.15, 0.2) is 24.5 Å². The first kappa shape index (κ1) is 15.8. The minimum absolute atomic E-state index is 0.162. The Morgan fingerprint density at radius 1 is 1.43 bits per heavy atom. The minimum Gasteiger partial charge on any atom is -0.444 e. The summed E-state index contributed by atoms with van der Waals surface area (Å²) in [5.74, 6) is 0. The topological polar surface area (TPSA) is 63.2 Å². The molecule has 0 unspecified atom stereocenters. The molecule has 1 aliphatic carbocycles. The molecule has 1 aromatic rings. The van der Waals surface area contributed by atoms with Gasteiger partial charge in [-0.1, -0.05) is 6.07 Å². The molecule has 1 aromatic heterocycles. The minimum atomic E-state index is -0.460. The number of carbonyl (C=O) groups excluding carboxylic acids is 1. The van der Waals surface area contributed by atoms with E-state index < -0.39 is 5.60 Å². The molecule has 5 nitrogen and oxygen atoms in total. The lowest BCUT2D eigenvalue weighted by Gasteiger charge is -2.42. The Labute approximate surface area is 126 Å². The standard InChI is InChI=1S/C16H25N3O2/c1-15(2,3)21-14(20)19-16(7-5-8-16)12-18-11-13-6-4-9-17-10-13/h4,6,9-10,18H,5,7-8,11-12H2,1-3H3,(H,19,20). The number of ether oxygens (including phenoxy) is 1. The van der Waals surface area contributed by atoms with Crippen LogP contribution in [0.2, 0.25) is 0 Å². The molecule has 0 bridgehead atoms. The van der Waals surface area contributed by atoms with Gasteiger partial charge in [-0.2, -0.15) is 0 Å². The van der Waals surface area contributed by atoms with E-state index in [2.05, 4.69) is 15.6 Å². The molecular formula is C16H25N3O2. The number of amides is 1. The summed E-state index contributed by atoms with van der Waals surface area (Å²) in [6.45, 7) is 7.13. The second-order valence-corrected chi connectivity index (χ2v) is 6.73. The SMILES string of the molecule is CC(C)(C)OC(=O)NC1(CNCc2cccnc2)CCC1. The molecule has 0 atom stereocenters. The number of nitrogens with one attached hydrogen (secondary N) is 2. The molecule has 1 amide bonds. The third-order valence-electron chi connectivity index (χ3n) is 3.59. The second-order valence-electron chi connectivity index (χ2n) is 6.73. The molecule has 0 radical (unpaired) electrons. The van der Waals surface area contributed by atoms with Gasteiger partial charge in [-0.25, -0.2) is 4.79 Å². The van der Waals surface area contributed by atoms with Crippen molar-refractivity contribution in [2.24, 2.45) is 0 Å². The van der Waals surface area contributed by atoms with Crippen LogP contribution in [-0.4, -0.2) is 28.8 Å². The van der Waals surface area contributed by atoms with E-state index in [4.69, 9.17) is 4.74 Å². The van der Waals surface area contributed by atoms with Crippen molar-refractivity contribution in [2.75, 3.05) is 6.54 Å². The van der Waals surface area contributed by atoms with Gasteiger partial charge in [0.1, 0.15) is 5.60 Å². The molecule has 2 rings (SSSR count). The highest BCUT2D eigenvalue weighted by atomic mass is 16.6. The number of nitrogens with zero attached hydrogens (tertiary/aromatic N) is 1. The zero-order valence-electron chi connectivity index (χ0n) is 13.1. The third-order valence-corrected chi connectivity index (χ3v) is 3.59. The van der Waals surface area contributed by atoms with Gasteiger partial charge in [0, 0.05) is 25.5 Å². The highest BCUT2D eigenvalue weighted by Gasteiger charge is 2.39. The Morgan fingerprint density at radius 3 is 2.71 bits per heavy atom. The van der Waals surface area contributed by atoms with E-state index in [0.717, 1.165) is 37.9 Å². The van der Waals surface area contributed by atoms with E-state index in [-0.39, 0.29) is 11.6 Å². The van der Waals surface area contributed by atoms with Crippen LogP contribution in [0.25, 0.3) is 0 Å². The molecule has 0 saturated heterocycles. The Hall–Kier alpha value is -1.62. The number of rotatable bonds is 5. The fourth-order valence-electron chi connectivity index (χ4n) is 2.42. The van der Waals surface area contributed by atoms with Crippen molar-refractivity contribution in [3.63, 3.8) is 0 Å². The second kappa shape index (κ2) is 6.43. The smallest absolute Gasteiger partial charge is 0.408 e. The lowest BCUT2D eigenvalue weighted by molar-refractivity contribution is 0.0382. The predicted octanol–water partition coefficient (Wildman–Crippen LogP) is 2.62. The quantitative estimate of drug-likeness (QED) is 0.875. The fourth-order valence-corrected chi connectivity index (χ4v) is 2.42. The molecule has 0 aromatic carbocycles. The van der Waals surface area contributed by atoms with Gasteiger partial charge in [0.25, 0.3) is 0 Å². The molecule has 1 heterocycles. The molecule has 0 spiro atoms. The molecule has 1 saturated carbocycles. The van der Waals surface area contributed by atoms with Crippen molar-refractivity contribution < 1.29 is 9.53 Å². The summed E-state index contributed by atoms with van der Waals surface area (Å²) >= 11 is 0. The number of carbonyl (C=O) groups is 1. The number of hydrogen-bond donors (Lipinski definition) is 2. The maximum Gasteiger partial charge on any atom is 0.408 e. The third kappa shape index (κ3) is 5.01. The first-order valence-corrected chi connectivity index (χ1v) is 7.49. The van der Waals surface area contributed by atoms with Gasteiger partial charge in [-0.3, -0.25) is 4.98 Å². The molecule has 0 aliphatic heterocycles. The van der Waals surface area contributed by atoms with Crippen LogP contribution in [-0.2, 0) is 11.3 Å². The highest BCUT2D eigenvalue weighted by Crippen LogP contribution is 2.31. The summed E-state index contributed by atoms with van der Waals surface area (Å²) in [5.41, 5.74) is 0.520. The van der Waals surface area contributed by atoms with E-state index in [9.17, 15) is 4.79 Å². The Morgan fingerprint density at radius 2 is 2.19 bits per heavy atom. The Balaban J connectivity index is 1.80. The van der Waals surface area contributed by atoms with Crippen molar-refractivity contribution in [1.82, 2.24) is 15.6 Å². The Bertz CT molecular complexity index is 464. The van der Waals surface area contributed by atoms with E-state index >= 15 is 0 Å². The fraction of sp³-hybridized carbons (Fsp3) is 0.625. The van der Waals surface area contributed by atoms with Crippen LogP contribution in [0.3, 0.4) is 0 Å². The van der Waals surface area contributed by atoms with Gasteiger partial charge in [0.2, 0.25) is 0 Å². The summed E-state index contributed by atoms with van der Waals surface area (Å²) in [6, 6.07) is 3.96. The number of alkyl carbamates (subject to hydrolysis) is 1. The van der Waals surface area contributed by atoms with E-state index in [1.807, 2.05) is 39.1 Å². The average Bonchev–Trinajstić information content (AvgIpc) is 2.34. The van der Waals surface area contributed by atoms with Gasteiger partial charge in [0.05, 0.1) is 5.54 Å². The first-order valence-electron chi connectivity index (χ1n) is 7.49. The van der Waals surface area contributed by atoms with Gasteiger partial charge < -0.3 is 15.4 Å². The predicted molar refractivity (Wildman–Crippen MR) is 81.9 cm³/mol. The molecule has 5 heteroatoms. The lowest BCUT2D eigenvalue weighted by Crippen LogP contribution is -2.59. The molecule has 116 valence electrons. The average molecular weight is 291 g/mol. The van der Waals surface area contributed by atoms with Gasteiger partial charge in [-0.15, -0.1) is 0 Å². The van der Waals surface area contributed by atoms with Crippen LogP contribution in [0, 0.1) is 0 Å². The summed E-state index contributed by atoms with van der Waals surface area (Å²) in [6.07, 6.45) is 6.41. The first-order chi connectivity index (χ1) is 9.89. The summed E-state index contributed by atoms with van der Waals surface area (Å²) in [4.78, 5) is 16.0. The van der Waals surface area contributed by atoms with Crippen LogP contribution in [0.4, 0.5) is 4.79 Å². The zero-order chi connectivity index (χ0) is 15.3. The van der Waals surface area contributed by atoms with Crippen molar-refractivity contribution in [3.8, 4) is 0 Å². The van der Waals surface area contributed by atoms with Crippen molar-refractivity contribution >= 4 is 6.09 Å². The maximum absolute atomic E-state index is 11.9. The van der Waals surface area contributed by atoms with Crippen molar-refractivity contribution in [1.29, 1.82) is 0 Å². The van der Waals surface area contributed by atoms with Crippen LogP contribution in [0.5, 0.6) is 0 Å². The van der Waals surface area contributed by atoms with Crippen molar-refractivity contribution in [2.45, 2.75) is 57.7 Å². The van der Waals surface area contributed by atoms with Crippen molar-refractivity contribution in [3.05, 3.63) is 30.1 Å². The van der Waals surface area contributed by atoms with E-state index in [0.29, 0.717) is 0 Å². The monoisotopic (exact) mass is 291 g/mol. The number of pyridine rings is 1.